The molecular weight excluding hydrogens is 312 g/mol. The van der Waals surface area contributed by atoms with Gasteiger partial charge >= 0.3 is 0 Å². The SMILES string of the molecule is Cc1ccc2cc(C(=O)NC(CCCO)c3ccccc3)ccc2n1. The Balaban J connectivity index is 1.82. The number of carbonyl (C=O) groups excluding carboxylic acids is 1. The molecule has 0 aliphatic rings. The number of nitrogens with one attached hydrogen (secondary N) is 1. The first kappa shape index (κ1) is 17.1. The van der Waals surface area contributed by atoms with Crippen LogP contribution in [0.25, 0.3) is 10.9 Å². The minimum absolute atomic E-state index is 0.111. The molecule has 2 N–H and O–H groups in total. The molecule has 128 valence electrons. The number of aliphatic hydroxyl groups is 1. The molecule has 0 bridgehead atoms. The van der Waals surface area contributed by atoms with Crippen molar-refractivity contribution in [2.45, 2.75) is 25.8 Å². The first-order chi connectivity index (χ1) is 12.2. The van der Waals surface area contributed by atoms with Crippen LogP contribution in [0, 0.1) is 6.92 Å². The Morgan fingerprint density at radius 3 is 2.68 bits per heavy atom. The lowest BCUT2D eigenvalue weighted by Crippen LogP contribution is -2.28. The lowest BCUT2D eigenvalue weighted by atomic mass is 10.0. The van der Waals surface area contributed by atoms with Crippen LogP contribution >= 0.6 is 0 Å². The van der Waals surface area contributed by atoms with Gasteiger partial charge in [0.05, 0.1) is 11.6 Å². The van der Waals surface area contributed by atoms with Crippen LogP contribution in [0.15, 0.2) is 60.7 Å². The fraction of sp³-hybridized carbons (Fsp3) is 0.238. The van der Waals surface area contributed by atoms with E-state index in [4.69, 9.17) is 5.11 Å². The number of aromatic nitrogens is 1. The van der Waals surface area contributed by atoms with Crippen molar-refractivity contribution in [3.05, 3.63) is 77.5 Å². The third-order valence-electron chi connectivity index (χ3n) is 4.25. The van der Waals surface area contributed by atoms with Gasteiger partial charge in [0.1, 0.15) is 0 Å². The summed E-state index contributed by atoms with van der Waals surface area (Å²) in [5.41, 5.74) is 3.50. The summed E-state index contributed by atoms with van der Waals surface area (Å²) in [6, 6.07) is 19.2. The molecule has 0 saturated carbocycles. The van der Waals surface area contributed by atoms with Crippen molar-refractivity contribution in [2.75, 3.05) is 6.61 Å². The molecule has 4 nitrogen and oxygen atoms in total. The molecule has 1 aromatic heterocycles. The van der Waals surface area contributed by atoms with Crippen LogP contribution in [0.3, 0.4) is 0 Å². The third kappa shape index (κ3) is 4.22. The van der Waals surface area contributed by atoms with Crippen molar-refractivity contribution in [1.82, 2.24) is 10.3 Å². The third-order valence-corrected chi connectivity index (χ3v) is 4.25. The van der Waals surface area contributed by atoms with Crippen LogP contribution in [0.1, 0.15) is 40.5 Å². The van der Waals surface area contributed by atoms with Crippen molar-refractivity contribution in [1.29, 1.82) is 0 Å². The monoisotopic (exact) mass is 334 g/mol. The first-order valence-corrected chi connectivity index (χ1v) is 8.51. The van der Waals surface area contributed by atoms with Crippen LogP contribution in [-0.4, -0.2) is 22.6 Å². The summed E-state index contributed by atoms with van der Waals surface area (Å²) in [4.78, 5) is 17.2. The largest absolute Gasteiger partial charge is 0.396 e. The highest BCUT2D eigenvalue weighted by molar-refractivity contribution is 5.98. The molecule has 1 atom stereocenters. The Kier molecular flexibility index (Phi) is 5.41. The second-order valence-electron chi connectivity index (χ2n) is 6.16. The normalized spacial score (nSPS) is 12.1. The molecule has 2 aromatic carbocycles. The van der Waals surface area contributed by atoms with Gasteiger partial charge in [-0.25, -0.2) is 0 Å². The number of fused-ring (bicyclic) bond motifs is 1. The Labute approximate surface area is 147 Å². The van der Waals surface area contributed by atoms with Crippen LogP contribution in [0.2, 0.25) is 0 Å². The van der Waals surface area contributed by atoms with Crippen molar-refractivity contribution in [3.8, 4) is 0 Å². The summed E-state index contributed by atoms with van der Waals surface area (Å²) >= 11 is 0. The first-order valence-electron chi connectivity index (χ1n) is 8.51. The number of nitrogens with zero attached hydrogens (tertiary/aromatic N) is 1. The van der Waals surface area contributed by atoms with E-state index in [0.29, 0.717) is 18.4 Å². The van der Waals surface area contributed by atoms with Crippen LogP contribution < -0.4 is 5.32 Å². The van der Waals surface area contributed by atoms with Gasteiger partial charge < -0.3 is 10.4 Å². The van der Waals surface area contributed by atoms with E-state index >= 15 is 0 Å². The Morgan fingerprint density at radius 1 is 1.12 bits per heavy atom. The quantitative estimate of drug-likeness (QED) is 0.721. The Hall–Kier alpha value is -2.72. The summed E-state index contributed by atoms with van der Waals surface area (Å²) in [5.74, 6) is -0.116. The minimum Gasteiger partial charge on any atom is -0.396 e. The van der Waals surface area contributed by atoms with E-state index in [1.54, 1.807) is 6.07 Å². The molecule has 0 saturated heterocycles. The lowest BCUT2D eigenvalue weighted by Gasteiger charge is -2.19. The maximum Gasteiger partial charge on any atom is 0.251 e. The van der Waals surface area contributed by atoms with Crippen molar-refractivity contribution in [3.63, 3.8) is 0 Å². The van der Waals surface area contributed by atoms with Crippen molar-refractivity contribution >= 4 is 16.8 Å². The summed E-state index contributed by atoms with van der Waals surface area (Å²) < 4.78 is 0. The average molecular weight is 334 g/mol. The lowest BCUT2D eigenvalue weighted by molar-refractivity contribution is 0.0932. The molecule has 1 amide bonds. The van der Waals surface area contributed by atoms with Crippen LogP contribution in [0.4, 0.5) is 0 Å². The number of rotatable bonds is 6. The Bertz CT molecular complexity index is 862. The number of amides is 1. The number of hydrogen-bond acceptors (Lipinski definition) is 3. The zero-order valence-corrected chi connectivity index (χ0v) is 14.3. The summed E-state index contributed by atoms with van der Waals surface area (Å²) in [7, 11) is 0. The van der Waals surface area contributed by atoms with Gasteiger partial charge in [0, 0.05) is 23.3 Å². The number of aryl methyl sites for hydroxylation is 1. The highest BCUT2D eigenvalue weighted by atomic mass is 16.3. The van der Waals surface area contributed by atoms with Gasteiger partial charge in [0.2, 0.25) is 0 Å². The summed E-state index contributed by atoms with van der Waals surface area (Å²) in [5, 5.41) is 13.2. The molecule has 0 radical (unpaired) electrons. The molecule has 0 fully saturated rings. The minimum atomic E-state index is -0.118. The molecule has 4 heteroatoms. The highest BCUT2D eigenvalue weighted by Crippen LogP contribution is 2.20. The molecule has 25 heavy (non-hydrogen) atoms. The van der Waals surface area contributed by atoms with Crippen molar-refractivity contribution < 1.29 is 9.90 Å². The molecule has 1 unspecified atom stereocenters. The summed E-state index contributed by atoms with van der Waals surface area (Å²) in [6.45, 7) is 2.06. The van der Waals surface area contributed by atoms with E-state index in [-0.39, 0.29) is 18.6 Å². The van der Waals surface area contributed by atoms with Crippen molar-refractivity contribution in [2.24, 2.45) is 0 Å². The number of benzene rings is 2. The van der Waals surface area contributed by atoms with E-state index in [1.165, 1.54) is 0 Å². The molecule has 0 aliphatic heterocycles. The van der Waals surface area contributed by atoms with Crippen LogP contribution in [-0.2, 0) is 0 Å². The van der Waals surface area contributed by atoms with Crippen LogP contribution in [0.5, 0.6) is 0 Å². The second kappa shape index (κ2) is 7.90. The van der Waals surface area contributed by atoms with Gasteiger partial charge in [-0.1, -0.05) is 36.4 Å². The molecular formula is C21H22N2O2. The van der Waals surface area contributed by atoms with Gasteiger partial charge in [-0.05, 0) is 49.6 Å². The predicted molar refractivity (Wildman–Crippen MR) is 99.4 cm³/mol. The predicted octanol–water partition coefficient (Wildman–Crippen LogP) is 3.79. The number of pyridine rings is 1. The van der Waals surface area contributed by atoms with E-state index in [2.05, 4.69) is 10.3 Å². The van der Waals surface area contributed by atoms with Gasteiger partial charge in [-0.15, -0.1) is 0 Å². The maximum absolute atomic E-state index is 12.7. The van der Waals surface area contributed by atoms with Gasteiger partial charge in [0.15, 0.2) is 0 Å². The maximum atomic E-state index is 12.7. The zero-order valence-electron chi connectivity index (χ0n) is 14.3. The summed E-state index contributed by atoms with van der Waals surface area (Å²) in [6.07, 6.45) is 1.33. The molecule has 1 heterocycles. The van der Waals surface area contributed by atoms with E-state index < -0.39 is 0 Å². The van der Waals surface area contributed by atoms with Gasteiger partial charge in [-0.2, -0.15) is 0 Å². The molecule has 3 aromatic rings. The highest BCUT2D eigenvalue weighted by Gasteiger charge is 2.15. The molecule has 0 aliphatic carbocycles. The fourth-order valence-corrected chi connectivity index (χ4v) is 2.91. The van der Waals surface area contributed by atoms with E-state index in [1.807, 2.05) is 61.5 Å². The van der Waals surface area contributed by atoms with Gasteiger partial charge in [-0.3, -0.25) is 9.78 Å². The van der Waals surface area contributed by atoms with E-state index in [9.17, 15) is 4.79 Å². The van der Waals surface area contributed by atoms with E-state index in [0.717, 1.165) is 22.2 Å². The topological polar surface area (TPSA) is 62.2 Å². The molecule has 0 spiro atoms. The van der Waals surface area contributed by atoms with Gasteiger partial charge in [0.25, 0.3) is 5.91 Å². The number of aliphatic hydroxyl groups excluding tert-OH is 1. The second-order valence-corrected chi connectivity index (χ2v) is 6.16. The smallest absolute Gasteiger partial charge is 0.251 e. The fourth-order valence-electron chi connectivity index (χ4n) is 2.91. The molecule has 3 rings (SSSR count). The number of hydrogen-bond donors (Lipinski definition) is 2. The standard InChI is InChI=1S/C21H22N2O2/c1-15-9-10-17-14-18(11-12-20(17)22-15)21(25)23-19(8-5-13-24)16-6-3-2-4-7-16/h2-4,6-7,9-12,14,19,24H,5,8,13H2,1H3,(H,23,25). The zero-order chi connectivity index (χ0) is 17.6. The number of carbonyl (C=O) groups is 1. The Morgan fingerprint density at radius 2 is 1.92 bits per heavy atom. The average Bonchev–Trinajstić information content (AvgIpc) is 2.65.